The number of hydrogen-bond donors (Lipinski definition) is 1. The third kappa shape index (κ3) is 9.85. The van der Waals surface area contributed by atoms with Crippen LogP contribution in [0.4, 0.5) is 4.79 Å². The lowest BCUT2D eigenvalue weighted by Crippen LogP contribution is -2.40. The lowest BCUT2D eigenvalue weighted by molar-refractivity contribution is 0.0492. The van der Waals surface area contributed by atoms with Gasteiger partial charge < -0.3 is 14.8 Å². The van der Waals surface area contributed by atoms with E-state index in [0.717, 1.165) is 5.56 Å². The molecule has 0 unspecified atom stereocenters. The van der Waals surface area contributed by atoms with Gasteiger partial charge in [0.25, 0.3) is 0 Å². The molecule has 1 aromatic carbocycles. The van der Waals surface area contributed by atoms with Crippen LogP contribution < -0.4 is 5.32 Å². The second-order valence-electron chi connectivity index (χ2n) is 8.23. The highest BCUT2D eigenvalue weighted by molar-refractivity contribution is 7.52. The molecule has 0 aromatic heterocycles. The smallest absolute Gasteiger partial charge is 0.456 e. The minimum Gasteiger partial charge on any atom is -0.478 e. The van der Waals surface area contributed by atoms with E-state index in [1.807, 2.05) is 51.1 Å². The molecule has 0 aliphatic rings. The highest BCUT2D eigenvalue weighted by atomic mass is 31.2. The van der Waals surface area contributed by atoms with E-state index in [9.17, 15) is 9.36 Å². The van der Waals surface area contributed by atoms with Crippen molar-refractivity contribution in [1.29, 1.82) is 0 Å². The summed E-state index contributed by atoms with van der Waals surface area (Å²) in [5.41, 5.74) is 0.170. The Bertz CT molecular complexity index is 751. The largest absolute Gasteiger partial charge is 0.478 e. The number of alkyl carbamates (subject to hydrolysis) is 1. The molecule has 0 bridgehead atoms. The Kier molecular flexibility index (Phi) is 10.7. The van der Waals surface area contributed by atoms with E-state index in [0.29, 0.717) is 0 Å². The zero-order valence-electron chi connectivity index (χ0n) is 19.9. The maximum absolute atomic E-state index is 13.1. The molecule has 0 fully saturated rings. The highest BCUT2D eigenvalue weighted by Crippen LogP contribution is 2.50. The number of nitrogens with zero attached hydrogens (tertiary/aromatic N) is 1. The van der Waals surface area contributed by atoms with Crippen molar-refractivity contribution >= 4 is 19.7 Å². The first-order valence-corrected chi connectivity index (χ1v) is 12.1. The van der Waals surface area contributed by atoms with Crippen molar-refractivity contribution in [2.24, 2.45) is 10.7 Å². The molecule has 2 atom stereocenters. The SMILES string of the molecule is CCOP(=O)(/N=C(\OC(C)C)[C@H](C)[C@H](NC(=O)OC(C)(C)C)c1ccccc1)OCC. The number of rotatable bonds is 10. The van der Waals surface area contributed by atoms with Crippen LogP contribution in [0.3, 0.4) is 0 Å². The topological polar surface area (TPSA) is 95.5 Å². The van der Waals surface area contributed by atoms with Gasteiger partial charge in [0.15, 0.2) is 5.90 Å². The lowest BCUT2D eigenvalue weighted by atomic mass is 9.94. The third-order valence-electron chi connectivity index (χ3n) is 3.88. The normalized spacial score (nSPS) is 14.8. The number of carbonyl (C=O) groups is 1. The molecule has 1 rings (SSSR count). The molecular formula is C22H37N2O6P. The van der Waals surface area contributed by atoms with Gasteiger partial charge in [0, 0.05) is 0 Å². The molecule has 0 saturated carbocycles. The Morgan fingerprint density at radius 1 is 1.06 bits per heavy atom. The average Bonchev–Trinajstić information content (AvgIpc) is 2.64. The molecule has 9 heteroatoms. The fraction of sp³-hybridized carbons (Fsp3) is 0.636. The van der Waals surface area contributed by atoms with Crippen LogP contribution in [-0.4, -0.2) is 36.9 Å². The van der Waals surface area contributed by atoms with Gasteiger partial charge >= 0.3 is 13.8 Å². The van der Waals surface area contributed by atoms with Crippen molar-refractivity contribution in [3.05, 3.63) is 35.9 Å². The number of carbonyl (C=O) groups excluding carboxylic acids is 1. The summed E-state index contributed by atoms with van der Waals surface area (Å²) in [5, 5.41) is 2.90. The monoisotopic (exact) mass is 456 g/mol. The summed E-state index contributed by atoms with van der Waals surface area (Å²) in [6.07, 6.45) is -0.814. The predicted molar refractivity (Wildman–Crippen MR) is 122 cm³/mol. The van der Waals surface area contributed by atoms with Gasteiger partial charge in [-0.05, 0) is 54.0 Å². The van der Waals surface area contributed by atoms with Crippen LogP contribution in [0.5, 0.6) is 0 Å². The fourth-order valence-electron chi connectivity index (χ4n) is 2.74. The first-order valence-electron chi connectivity index (χ1n) is 10.6. The summed E-state index contributed by atoms with van der Waals surface area (Å²) in [4.78, 5) is 12.6. The molecule has 176 valence electrons. The van der Waals surface area contributed by atoms with Crippen LogP contribution in [0, 0.1) is 5.92 Å². The number of hydrogen-bond acceptors (Lipinski definition) is 6. The molecule has 0 radical (unpaired) electrons. The predicted octanol–water partition coefficient (Wildman–Crippen LogP) is 5.89. The zero-order chi connectivity index (χ0) is 23.7. The van der Waals surface area contributed by atoms with Gasteiger partial charge in [0.2, 0.25) is 0 Å². The van der Waals surface area contributed by atoms with E-state index in [1.54, 1.807) is 34.6 Å². The maximum atomic E-state index is 13.1. The van der Waals surface area contributed by atoms with Crippen molar-refractivity contribution in [2.75, 3.05) is 13.2 Å². The number of nitrogens with one attached hydrogen (secondary N) is 1. The third-order valence-corrected chi connectivity index (χ3v) is 5.49. The van der Waals surface area contributed by atoms with Crippen LogP contribution in [-0.2, 0) is 23.1 Å². The Hall–Kier alpha value is -1.89. The van der Waals surface area contributed by atoms with E-state index in [2.05, 4.69) is 10.1 Å². The molecule has 0 aliphatic carbocycles. The van der Waals surface area contributed by atoms with E-state index in [1.165, 1.54) is 0 Å². The quantitative estimate of drug-likeness (QED) is 0.268. The molecule has 8 nitrogen and oxygen atoms in total. The highest BCUT2D eigenvalue weighted by Gasteiger charge is 2.33. The summed E-state index contributed by atoms with van der Waals surface area (Å²) in [6, 6.07) is 8.85. The van der Waals surface area contributed by atoms with Gasteiger partial charge in [0.1, 0.15) is 5.60 Å². The second-order valence-corrected chi connectivity index (χ2v) is 9.89. The van der Waals surface area contributed by atoms with Crippen LogP contribution >= 0.6 is 7.75 Å². The van der Waals surface area contributed by atoms with Crippen LogP contribution in [0.15, 0.2) is 35.1 Å². The molecule has 0 saturated heterocycles. The Labute approximate surface area is 186 Å². The molecular weight excluding hydrogens is 419 g/mol. The lowest BCUT2D eigenvalue weighted by Gasteiger charge is -2.29. The van der Waals surface area contributed by atoms with E-state index >= 15 is 0 Å². The number of benzene rings is 1. The minimum absolute atomic E-state index is 0.169. The van der Waals surface area contributed by atoms with Crippen molar-refractivity contribution in [1.82, 2.24) is 5.32 Å². The van der Waals surface area contributed by atoms with Gasteiger partial charge in [-0.25, -0.2) is 9.36 Å². The minimum atomic E-state index is -3.77. The van der Waals surface area contributed by atoms with Gasteiger partial charge in [0.05, 0.1) is 31.3 Å². The van der Waals surface area contributed by atoms with Crippen LogP contribution in [0.2, 0.25) is 0 Å². The first kappa shape index (κ1) is 27.1. The summed E-state index contributed by atoms with van der Waals surface area (Å²) < 4.78 is 39.3. The average molecular weight is 457 g/mol. The van der Waals surface area contributed by atoms with Crippen molar-refractivity contribution < 1.29 is 27.9 Å². The van der Waals surface area contributed by atoms with Gasteiger partial charge in [-0.1, -0.05) is 37.3 Å². The van der Waals surface area contributed by atoms with Crippen molar-refractivity contribution in [3.8, 4) is 0 Å². The number of ether oxygens (including phenoxy) is 2. The molecule has 0 heterocycles. The molecule has 1 aromatic rings. The Balaban J connectivity index is 3.38. The van der Waals surface area contributed by atoms with E-state index < -0.39 is 31.4 Å². The Morgan fingerprint density at radius 3 is 2.06 bits per heavy atom. The zero-order valence-corrected chi connectivity index (χ0v) is 20.8. The van der Waals surface area contributed by atoms with E-state index in [-0.39, 0.29) is 25.2 Å². The molecule has 0 aliphatic heterocycles. The second kappa shape index (κ2) is 12.2. The van der Waals surface area contributed by atoms with Gasteiger partial charge in [-0.2, -0.15) is 0 Å². The summed E-state index contributed by atoms with van der Waals surface area (Å²) in [6.45, 7) is 14.7. The van der Waals surface area contributed by atoms with Crippen molar-refractivity contribution in [2.45, 2.75) is 73.1 Å². The summed E-state index contributed by atoms with van der Waals surface area (Å²) in [7, 11) is -3.77. The summed E-state index contributed by atoms with van der Waals surface area (Å²) in [5.74, 6) is -0.322. The molecule has 31 heavy (non-hydrogen) atoms. The first-order chi connectivity index (χ1) is 14.4. The molecule has 0 spiro atoms. The number of amides is 1. The van der Waals surface area contributed by atoms with Crippen LogP contribution in [0.25, 0.3) is 0 Å². The maximum Gasteiger partial charge on any atom is 0.456 e. The molecule has 1 N–H and O–H groups in total. The Morgan fingerprint density at radius 2 is 1.61 bits per heavy atom. The van der Waals surface area contributed by atoms with Crippen LogP contribution in [0.1, 0.15) is 67.0 Å². The fourth-order valence-corrected chi connectivity index (χ4v) is 4.05. The standard InChI is InChI=1S/C22H37N2O6P/c1-9-27-31(26,28-10-2)24-20(29-16(3)4)17(5)19(18-14-12-11-13-15-18)23-21(25)30-22(6,7)8/h11-17,19H,9-10H2,1-8H3,(H,23,25)/b24-20-/t17-,19+/m1/s1. The van der Waals surface area contributed by atoms with Gasteiger partial charge in [-0.15, -0.1) is 4.76 Å². The van der Waals surface area contributed by atoms with E-state index in [4.69, 9.17) is 18.5 Å². The van der Waals surface area contributed by atoms with Crippen molar-refractivity contribution in [3.63, 3.8) is 0 Å². The molecule has 1 amide bonds. The van der Waals surface area contributed by atoms with Gasteiger partial charge in [-0.3, -0.25) is 9.05 Å². The summed E-state index contributed by atoms with van der Waals surface area (Å²) >= 11 is 0.